The van der Waals surface area contributed by atoms with Crippen LogP contribution in [-0.2, 0) is 10.9 Å². The Morgan fingerprint density at radius 1 is 1.55 bits per heavy atom. The molecule has 2 heterocycles. The molecule has 1 saturated heterocycles. The van der Waals surface area contributed by atoms with E-state index < -0.39 is 29.7 Å². The number of ether oxygens (including phenoxy) is 1. The maximum absolute atomic E-state index is 12.7. The van der Waals surface area contributed by atoms with Crippen molar-refractivity contribution in [1.29, 1.82) is 0 Å². The van der Waals surface area contributed by atoms with E-state index in [2.05, 4.69) is 10.3 Å². The standard InChI is InChI=1S/C11H12F3N3O3/c1-6-11(19,20-2)17(9(18)16-6)8-5-7(3-4-15-8)10(12,13)14/h3-6,19H,1-2H3,(H,16,18). The van der Waals surface area contributed by atoms with Crippen molar-refractivity contribution in [2.75, 3.05) is 12.0 Å². The minimum atomic E-state index is -4.58. The number of urea groups is 1. The van der Waals surface area contributed by atoms with Crippen LogP contribution in [0.1, 0.15) is 12.5 Å². The Bertz CT molecular complexity index is 537. The van der Waals surface area contributed by atoms with Crippen molar-refractivity contribution in [3.05, 3.63) is 23.9 Å². The molecule has 1 aromatic rings. The fourth-order valence-electron chi connectivity index (χ4n) is 1.94. The number of amides is 2. The third-order valence-corrected chi connectivity index (χ3v) is 3.03. The quantitative estimate of drug-likeness (QED) is 0.806. The van der Waals surface area contributed by atoms with Crippen LogP contribution in [-0.4, -0.2) is 35.2 Å². The van der Waals surface area contributed by atoms with Gasteiger partial charge in [-0.15, -0.1) is 0 Å². The van der Waals surface area contributed by atoms with Crippen LogP contribution in [0.5, 0.6) is 0 Å². The Balaban J connectivity index is 2.48. The van der Waals surface area contributed by atoms with Gasteiger partial charge in [0.25, 0.3) is 5.91 Å². The molecule has 1 fully saturated rings. The Kier molecular flexibility index (Phi) is 3.34. The number of methoxy groups -OCH3 is 1. The summed E-state index contributed by atoms with van der Waals surface area (Å²) in [4.78, 5) is 16.1. The fraction of sp³-hybridized carbons (Fsp3) is 0.455. The van der Waals surface area contributed by atoms with E-state index in [0.29, 0.717) is 11.0 Å². The first-order valence-corrected chi connectivity index (χ1v) is 5.61. The summed E-state index contributed by atoms with van der Waals surface area (Å²) in [5.74, 6) is -2.46. The van der Waals surface area contributed by atoms with Gasteiger partial charge in [0.1, 0.15) is 11.9 Å². The van der Waals surface area contributed by atoms with Gasteiger partial charge in [-0.25, -0.2) is 14.7 Å². The summed E-state index contributed by atoms with van der Waals surface area (Å²) in [5, 5.41) is 12.6. The van der Waals surface area contributed by atoms with Gasteiger partial charge < -0.3 is 15.2 Å². The average Bonchev–Trinajstić information content (AvgIpc) is 2.59. The topological polar surface area (TPSA) is 74.7 Å². The minimum Gasteiger partial charge on any atom is -0.347 e. The Morgan fingerprint density at radius 3 is 2.75 bits per heavy atom. The van der Waals surface area contributed by atoms with Crippen molar-refractivity contribution in [2.45, 2.75) is 25.1 Å². The van der Waals surface area contributed by atoms with Crippen molar-refractivity contribution in [3.63, 3.8) is 0 Å². The molecule has 110 valence electrons. The third kappa shape index (κ3) is 2.18. The van der Waals surface area contributed by atoms with Crippen molar-refractivity contribution < 1.29 is 27.8 Å². The maximum atomic E-state index is 12.7. The SMILES string of the molecule is COC1(O)C(C)NC(=O)N1c1cc(C(F)(F)F)ccn1. The van der Waals surface area contributed by atoms with Gasteiger partial charge in [-0.1, -0.05) is 0 Å². The highest BCUT2D eigenvalue weighted by Gasteiger charge is 2.52. The predicted octanol–water partition coefficient (Wildman–Crippen LogP) is 1.31. The largest absolute Gasteiger partial charge is 0.416 e. The van der Waals surface area contributed by atoms with Crippen LogP contribution in [0.25, 0.3) is 0 Å². The molecule has 0 bridgehead atoms. The molecule has 6 nitrogen and oxygen atoms in total. The van der Waals surface area contributed by atoms with E-state index in [4.69, 9.17) is 4.74 Å². The van der Waals surface area contributed by atoms with Gasteiger partial charge >= 0.3 is 12.2 Å². The van der Waals surface area contributed by atoms with Crippen LogP contribution in [0.3, 0.4) is 0 Å². The minimum absolute atomic E-state index is 0.356. The van der Waals surface area contributed by atoms with Crippen molar-refractivity contribution in [1.82, 2.24) is 10.3 Å². The van der Waals surface area contributed by atoms with Gasteiger partial charge in [0.2, 0.25) is 0 Å². The molecule has 1 aromatic heterocycles. The number of nitrogens with one attached hydrogen (secondary N) is 1. The average molecular weight is 291 g/mol. The number of alkyl halides is 3. The van der Waals surface area contributed by atoms with E-state index in [1.807, 2.05) is 0 Å². The lowest BCUT2D eigenvalue weighted by molar-refractivity contribution is -0.183. The van der Waals surface area contributed by atoms with Crippen LogP contribution >= 0.6 is 0 Å². The first-order chi connectivity index (χ1) is 9.20. The molecule has 0 aliphatic carbocycles. The Morgan fingerprint density at radius 2 is 2.20 bits per heavy atom. The maximum Gasteiger partial charge on any atom is 0.416 e. The normalized spacial score (nSPS) is 26.8. The van der Waals surface area contributed by atoms with E-state index in [1.54, 1.807) is 0 Å². The summed E-state index contributed by atoms with van der Waals surface area (Å²) in [7, 11) is 1.14. The van der Waals surface area contributed by atoms with Gasteiger partial charge in [0, 0.05) is 13.3 Å². The number of aliphatic hydroxyl groups is 1. The highest BCUT2D eigenvalue weighted by Crippen LogP contribution is 2.34. The summed E-state index contributed by atoms with van der Waals surface area (Å²) in [6.07, 6.45) is -3.67. The number of hydrogen-bond donors (Lipinski definition) is 2. The Labute approximate surface area is 112 Å². The Hall–Kier alpha value is -1.87. The lowest BCUT2D eigenvalue weighted by Crippen LogP contribution is -2.53. The molecule has 2 rings (SSSR count). The zero-order valence-electron chi connectivity index (χ0n) is 10.6. The first-order valence-electron chi connectivity index (χ1n) is 5.61. The van der Waals surface area contributed by atoms with E-state index in [9.17, 15) is 23.1 Å². The smallest absolute Gasteiger partial charge is 0.347 e. The molecular weight excluding hydrogens is 279 g/mol. The van der Waals surface area contributed by atoms with Crippen LogP contribution in [0.2, 0.25) is 0 Å². The summed E-state index contributed by atoms with van der Waals surface area (Å²) in [5.41, 5.74) is -0.978. The second kappa shape index (κ2) is 4.60. The second-order valence-corrected chi connectivity index (χ2v) is 4.27. The molecule has 0 aromatic carbocycles. The lowest BCUT2D eigenvalue weighted by Gasteiger charge is -2.32. The van der Waals surface area contributed by atoms with E-state index in [0.717, 1.165) is 19.4 Å². The van der Waals surface area contributed by atoms with Gasteiger partial charge in [0.15, 0.2) is 0 Å². The van der Waals surface area contributed by atoms with Crippen LogP contribution in [0.15, 0.2) is 18.3 Å². The van der Waals surface area contributed by atoms with Crippen LogP contribution < -0.4 is 10.2 Å². The summed E-state index contributed by atoms with van der Waals surface area (Å²) in [6, 6.07) is -0.195. The molecule has 2 atom stereocenters. The van der Waals surface area contributed by atoms with Gasteiger partial charge in [0.05, 0.1) is 5.56 Å². The molecule has 0 radical (unpaired) electrons. The molecule has 0 spiro atoms. The summed E-state index contributed by atoms with van der Waals surface area (Å²) < 4.78 is 42.8. The second-order valence-electron chi connectivity index (χ2n) is 4.27. The van der Waals surface area contributed by atoms with Crippen molar-refractivity contribution in [2.24, 2.45) is 0 Å². The van der Waals surface area contributed by atoms with E-state index in [-0.39, 0.29) is 5.82 Å². The molecule has 2 amide bonds. The van der Waals surface area contributed by atoms with Gasteiger partial charge in [-0.2, -0.15) is 13.2 Å². The number of halogens is 3. The number of carbonyl (C=O) groups is 1. The molecule has 1 aliphatic rings. The molecule has 9 heteroatoms. The zero-order valence-corrected chi connectivity index (χ0v) is 10.6. The number of carbonyl (C=O) groups excluding carboxylic acids is 1. The molecular formula is C11H12F3N3O3. The first kappa shape index (κ1) is 14.5. The van der Waals surface area contributed by atoms with Gasteiger partial charge in [-0.05, 0) is 19.1 Å². The number of aromatic nitrogens is 1. The number of rotatable bonds is 2. The van der Waals surface area contributed by atoms with Gasteiger partial charge in [-0.3, -0.25) is 0 Å². The molecule has 20 heavy (non-hydrogen) atoms. The predicted molar refractivity (Wildman–Crippen MR) is 61.7 cm³/mol. The van der Waals surface area contributed by atoms with E-state index in [1.165, 1.54) is 6.92 Å². The summed E-state index contributed by atoms with van der Waals surface area (Å²) in [6.45, 7) is 1.45. The number of hydrogen-bond acceptors (Lipinski definition) is 4. The fourth-order valence-corrected chi connectivity index (χ4v) is 1.94. The van der Waals surface area contributed by atoms with E-state index >= 15 is 0 Å². The number of pyridine rings is 1. The van der Waals surface area contributed by atoms with Crippen LogP contribution in [0.4, 0.5) is 23.8 Å². The highest BCUT2D eigenvalue weighted by molar-refractivity contribution is 5.95. The summed E-state index contributed by atoms with van der Waals surface area (Å²) >= 11 is 0. The highest BCUT2D eigenvalue weighted by atomic mass is 19.4. The monoisotopic (exact) mass is 291 g/mol. The van der Waals surface area contributed by atoms with Crippen molar-refractivity contribution in [3.8, 4) is 0 Å². The molecule has 0 saturated carbocycles. The lowest BCUT2D eigenvalue weighted by atomic mass is 10.2. The van der Waals surface area contributed by atoms with Crippen LogP contribution in [0, 0.1) is 0 Å². The van der Waals surface area contributed by atoms with Crippen molar-refractivity contribution >= 4 is 11.8 Å². The third-order valence-electron chi connectivity index (χ3n) is 3.03. The number of nitrogens with zero attached hydrogens (tertiary/aromatic N) is 2. The zero-order chi connectivity index (χ0) is 15.1. The molecule has 1 aliphatic heterocycles. The number of anilines is 1. The molecule has 2 N–H and O–H groups in total. The molecule has 2 unspecified atom stereocenters.